The Hall–Kier alpha value is -3.02. The van der Waals surface area contributed by atoms with Crippen LogP contribution in [0.2, 0.25) is 0 Å². The van der Waals surface area contributed by atoms with E-state index in [-0.39, 0.29) is 5.91 Å². The minimum atomic E-state index is -0.256. The van der Waals surface area contributed by atoms with Gasteiger partial charge in [0, 0.05) is 6.07 Å². The van der Waals surface area contributed by atoms with E-state index in [2.05, 4.69) is 15.5 Å². The van der Waals surface area contributed by atoms with Crippen LogP contribution in [0.3, 0.4) is 0 Å². The Morgan fingerprint density at radius 1 is 1.21 bits per heavy atom. The standard InChI is InChI=1S/C18H19N3O3/c1-12-3-6-14(7-4-12)23-10-9-19-18(22)16-11-15(20-21-16)17-8-5-13(2)24-17/h3-8,11H,9-10H2,1-2H3,(H,19,22)(H,20,21). The van der Waals surface area contributed by atoms with Crippen LogP contribution < -0.4 is 10.1 Å². The first-order valence-corrected chi connectivity index (χ1v) is 7.72. The molecular formula is C18H19N3O3. The number of aromatic nitrogens is 2. The zero-order valence-corrected chi connectivity index (χ0v) is 13.6. The molecule has 3 aromatic rings. The maximum Gasteiger partial charge on any atom is 0.271 e. The van der Waals surface area contributed by atoms with Crippen molar-refractivity contribution in [1.82, 2.24) is 15.5 Å². The van der Waals surface area contributed by atoms with Crippen LogP contribution in [0.25, 0.3) is 11.5 Å². The van der Waals surface area contributed by atoms with Gasteiger partial charge in [-0.25, -0.2) is 0 Å². The van der Waals surface area contributed by atoms with Gasteiger partial charge in [-0.15, -0.1) is 0 Å². The number of carbonyl (C=O) groups is 1. The van der Waals surface area contributed by atoms with Gasteiger partial charge in [-0.2, -0.15) is 5.10 Å². The first-order valence-electron chi connectivity index (χ1n) is 7.72. The van der Waals surface area contributed by atoms with E-state index in [1.807, 2.05) is 50.2 Å². The minimum absolute atomic E-state index is 0.256. The molecule has 2 N–H and O–H groups in total. The van der Waals surface area contributed by atoms with E-state index >= 15 is 0 Å². The Balaban J connectivity index is 1.48. The van der Waals surface area contributed by atoms with Crippen LogP contribution in [-0.2, 0) is 0 Å². The van der Waals surface area contributed by atoms with Crippen molar-refractivity contribution in [2.45, 2.75) is 13.8 Å². The number of furan rings is 1. The number of amides is 1. The van der Waals surface area contributed by atoms with Gasteiger partial charge in [0.2, 0.25) is 0 Å². The van der Waals surface area contributed by atoms with E-state index in [0.29, 0.717) is 30.3 Å². The molecule has 0 saturated heterocycles. The molecule has 0 aliphatic carbocycles. The van der Waals surface area contributed by atoms with Crippen molar-refractivity contribution in [3.63, 3.8) is 0 Å². The normalized spacial score (nSPS) is 10.6. The fourth-order valence-electron chi connectivity index (χ4n) is 2.20. The van der Waals surface area contributed by atoms with Crippen molar-refractivity contribution in [3.8, 4) is 17.2 Å². The molecule has 0 bridgehead atoms. The molecule has 2 aromatic heterocycles. The van der Waals surface area contributed by atoms with Gasteiger partial charge in [0.05, 0.1) is 6.54 Å². The lowest BCUT2D eigenvalue weighted by Gasteiger charge is -2.07. The fourth-order valence-corrected chi connectivity index (χ4v) is 2.20. The lowest BCUT2D eigenvalue weighted by atomic mass is 10.2. The number of nitrogens with zero attached hydrogens (tertiary/aromatic N) is 1. The van der Waals surface area contributed by atoms with Crippen molar-refractivity contribution in [2.75, 3.05) is 13.2 Å². The number of ether oxygens (including phenoxy) is 1. The summed E-state index contributed by atoms with van der Waals surface area (Å²) < 4.78 is 11.1. The number of hydrogen-bond donors (Lipinski definition) is 2. The van der Waals surface area contributed by atoms with Gasteiger partial charge >= 0.3 is 0 Å². The zero-order valence-electron chi connectivity index (χ0n) is 13.6. The molecule has 24 heavy (non-hydrogen) atoms. The molecule has 6 heteroatoms. The van der Waals surface area contributed by atoms with Crippen molar-refractivity contribution in [1.29, 1.82) is 0 Å². The van der Waals surface area contributed by atoms with Crippen LogP contribution in [0, 0.1) is 13.8 Å². The molecule has 0 saturated carbocycles. The average Bonchev–Trinajstić information content (AvgIpc) is 3.22. The summed E-state index contributed by atoms with van der Waals surface area (Å²) in [5, 5.41) is 9.59. The monoisotopic (exact) mass is 325 g/mol. The number of aryl methyl sites for hydroxylation is 2. The number of hydrogen-bond acceptors (Lipinski definition) is 4. The maximum absolute atomic E-state index is 12.1. The topological polar surface area (TPSA) is 80.1 Å². The van der Waals surface area contributed by atoms with E-state index in [0.717, 1.165) is 11.5 Å². The highest BCUT2D eigenvalue weighted by atomic mass is 16.5. The van der Waals surface area contributed by atoms with Gasteiger partial charge < -0.3 is 14.5 Å². The minimum Gasteiger partial charge on any atom is -0.492 e. The van der Waals surface area contributed by atoms with Crippen molar-refractivity contribution in [2.24, 2.45) is 0 Å². The molecule has 0 unspecified atom stereocenters. The molecule has 0 aliphatic heterocycles. The lowest BCUT2D eigenvalue weighted by Crippen LogP contribution is -2.28. The number of rotatable bonds is 6. The molecule has 3 rings (SSSR count). The number of carbonyl (C=O) groups excluding carboxylic acids is 1. The highest BCUT2D eigenvalue weighted by Gasteiger charge is 2.12. The van der Waals surface area contributed by atoms with Crippen LogP contribution >= 0.6 is 0 Å². The number of aromatic amines is 1. The molecule has 1 amide bonds. The van der Waals surface area contributed by atoms with E-state index in [4.69, 9.17) is 9.15 Å². The van der Waals surface area contributed by atoms with E-state index in [1.165, 1.54) is 5.56 Å². The third kappa shape index (κ3) is 3.84. The summed E-state index contributed by atoms with van der Waals surface area (Å²) in [5.74, 6) is 1.99. The predicted molar refractivity (Wildman–Crippen MR) is 90.0 cm³/mol. The second-order valence-corrected chi connectivity index (χ2v) is 5.49. The highest BCUT2D eigenvalue weighted by molar-refractivity contribution is 5.93. The van der Waals surface area contributed by atoms with E-state index in [9.17, 15) is 4.79 Å². The van der Waals surface area contributed by atoms with Gasteiger partial charge in [0.25, 0.3) is 5.91 Å². The third-order valence-corrected chi connectivity index (χ3v) is 3.49. The summed E-state index contributed by atoms with van der Waals surface area (Å²) in [6.45, 7) is 4.67. The summed E-state index contributed by atoms with van der Waals surface area (Å²) in [4.78, 5) is 12.1. The fraction of sp³-hybridized carbons (Fsp3) is 0.222. The second kappa shape index (κ2) is 7.04. The number of H-pyrrole nitrogens is 1. The first kappa shape index (κ1) is 15.9. The van der Waals surface area contributed by atoms with Crippen LogP contribution in [0.5, 0.6) is 5.75 Å². The smallest absolute Gasteiger partial charge is 0.271 e. The Labute approximate surface area is 139 Å². The van der Waals surface area contributed by atoms with Gasteiger partial charge in [-0.1, -0.05) is 17.7 Å². The molecule has 0 spiro atoms. The van der Waals surface area contributed by atoms with Gasteiger partial charge in [0.1, 0.15) is 23.8 Å². The third-order valence-electron chi connectivity index (χ3n) is 3.49. The molecule has 0 aliphatic rings. The largest absolute Gasteiger partial charge is 0.492 e. The quantitative estimate of drug-likeness (QED) is 0.683. The van der Waals surface area contributed by atoms with Crippen LogP contribution in [0.15, 0.2) is 46.9 Å². The summed E-state index contributed by atoms with van der Waals surface area (Å²) >= 11 is 0. The average molecular weight is 325 g/mol. The van der Waals surface area contributed by atoms with Crippen molar-refractivity contribution >= 4 is 5.91 Å². The predicted octanol–water partition coefficient (Wildman–Crippen LogP) is 3.10. The van der Waals surface area contributed by atoms with Gasteiger partial charge in [-0.05, 0) is 38.1 Å². The molecule has 0 radical (unpaired) electrons. The molecule has 1 aromatic carbocycles. The summed E-state index contributed by atoms with van der Waals surface area (Å²) in [6.07, 6.45) is 0. The summed E-state index contributed by atoms with van der Waals surface area (Å²) in [7, 11) is 0. The zero-order chi connectivity index (χ0) is 16.9. The molecular weight excluding hydrogens is 306 g/mol. The van der Waals surface area contributed by atoms with Crippen LogP contribution in [0.4, 0.5) is 0 Å². The Kier molecular flexibility index (Phi) is 4.65. The Morgan fingerprint density at radius 2 is 2.00 bits per heavy atom. The van der Waals surface area contributed by atoms with Crippen LogP contribution in [0.1, 0.15) is 21.8 Å². The molecule has 124 valence electrons. The van der Waals surface area contributed by atoms with E-state index in [1.54, 1.807) is 6.07 Å². The SMILES string of the molecule is Cc1ccc(OCCNC(=O)c2cc(-c3ccc(C)o3)[nH]n2)cc1. The number of nitrogens with one attached hydrogen (secondary N) is 2. The van der Waals surface area contributed by atoms with Crippen molar-refractivity contribution < 1.29 is 13.9 Å². The van der Waals surface area contributed by atoms with Gasteiger partial charge in [0.15, 0.2) is 11.5 Å². The van der Waals surface area contributed by atoms with Crippen LogP contribution in [-0.4, -0.2) is 29.3 Å². The summed E-state index contributed by atoms with van der Waals surface area (Å²) in [6, 6.07) is 13.1. The van der Waals surface area contributed by atoms with Gasteiger partial charge in [-0.3, -0.25) is 9.89 Å². The lowest BCUT2D eigenvalue weighted by molar-refractivity contribution is 0.0942. The highest BCUT2D eigenvalue weighted by Crippen LogP contribution is 2.20. The maximum atomic E-state index is 12.1. The summed E-state index contributed by atoms with van der Waals surface area (Å²) in [5.41, 5.74) is 2.16. The molecule has 2 heterocycles. The molecule has 0 atom stereocenters. The first-order chi connectivity index (χ1) is 11.6. The molecule has 6 nitrogen and oxygen atoms in total. The number of benzene rings is 1. The Morgan fingerprint density at radius 3 is 2.71 bits per heavy atom. The second-order valence-electron chi connectivity index (χ2n) is 5.49. The van der Waals surface area contributed by atoms with Crippen molar-refractivity contribution in [3.05, 3.63) is 59.5 Å². The molecule has 0 fully saturated rings. The van der Waals surface area contributed by atoms with E-state index < -0.39 is 0 Å². The Bertz CT molecular complexity index is 818.